The van der Waals surface area contributed by atoms with Crippen LogP contribution in [0.3, 0.4) is 0 Å². The summed E-state index contributed by atoms with van der Waals surface area (Å²) in [6.07, 6.45) is 3.23. The van der Waals surface area contributed by atoms with Gasteiger partial charge in [0.25, 0.3) is 0 Å². The second kappa shape index (κ2) is 13.1. The largest absolute Gasteiger partial charge is 0.381 e. The molecule has 2 rings (SSSR count). The summed E-state index contributed by atoms with van der Waals surface area (Å²) < 4.78 is 12.0. The van der Waals surface area contributed by atoms with Gasteiger partial charge in [-0.3, -0.25) is 4.99 Å². The highest BCUT2D eigenvalue weighted by molar-refractivity contribution is 14.0. The van der Waals surface area contributed by atoms with E-state index in [1.807, 2.05) is 20.2 Å². The van der Waals surface area contributed by atoms with Crippen LogP contribution in [0.15, 0.2) is 17.1 Å². The highest BCUT2D eigenvalue weighted by atomic mass is 127. The molecule has 1 fully saturated rings. The van der Waals surface area contributed by atoms with Gasteiger partial charge in [-0.1, -0.05) is 11.6 Å². The molecule has 2 heterocycles. The van der Waals surface area contributed by atoms with Crippen molar-refractivity contribution in [2.24, 2.45) is 10.9 Å². The first-order valence-electron chi connectivity index (χ1n) is 8.50. The zero-order chi connectivity index (χ0) is 17.2. The minimum atomic E-state index is 0. The summed E-state index contributed by atoms with van der Waals surface area (Å²) in [5.74, 6) is 1.56. The molecule has 8 heteroatoms. The molecule has 1 saturated heterocycles. The Morgan fingerprint density at radius 3 is 2.84 bits per heavy atom. The van der Waals surface area contributed by atoms with E-state index >= 15 is 0 Å². The summed E-state index contributed by atoms with van der Waals surface area (Å²) in [5, 5.41) is 3.38. The van der Waals surface area contributed by atoms with Gasteiger partial charge in [0.1, 0.15) is 0 Å². The van der Waals surface area contributed by atoms with Crippen molar-refractivity contribution in [2.45, 2.75) is 25.8 Å². The Hall–Kier alpha value is -0.0900. The second-order valence-corrected chi connectivity index (χ2v) is 7.82. The monoisotopic (exact) mass is 501 g/mol. The highest BCUT2D eigenvalue weighted by Crippen LogP contribution is 2.22. The summed E-state index contributed by atoms with van der Waals surface area (Å²) >= 11 is 7.58. The number of guanidine groups is 1. The van der Waals surface area contributed by atoms with Crippen LogP contribution >= 0.6 is 46.9 Å². The predicted octanol–water partition coefficient (Wildman–Crippen LogP) is 3.86. The molecule has 1 aromatic rings. The van der Waals surface area contributed by atoms with Crippen LogP contribution in [0.25, 0.3) is 0 Å². The van der Waals surface area contributed by atoms with Crippen molar-refractivity contribution in [2.75, 3.05) is 47.1 Å². The van der Waals surface area contributed by atoms with Crippen LogP contribution in [0.5, 0.6) is 0 Å². The van der Waals surface area contributed by atoms with Crippen LogP contribution in [0.4, 0.5) is 0 Å². The van der Waals surface area contributed by atoms with Crippen LogP contribution in [-0.2, 0) is 16.0 Å². The smallest absolute Gasteiger partial charge is 0.193 e. The third-order valence-electron chi connectivity index (χ3n) is 4.04. The fourth-order valence-electron chi connectivity index (χ4n) is 2.67. The zero-order valence-electron chi connectivity index (χ0n) is 15.0. The van der Waals surface area contributed by atoms with E-state index in [0.29, 0.717) is 5.92 Å². The number of nitrogens with one attached hydrogen (secondary N) is 1. The van der Waals surface area contributed by atoms with Crippen molar-refractivity contribution >= 4 is 52.9 Å². The summed E-state index contributed by atoms with van der Waals surface area (Å²) in [6, 6.07) is 3.99. The minimum absolute atomic E-state index is 0. The molecule has 1 aliphatic rings. The average molecular weight is 502 g/mol. The van der Waals surface area contributed by atoms with Crippen LogP contribution in [0.2, 0.25) is 4.34 Å². The van der Waals surface area contributed by atoms with Crippen molar-refractivity contribution in [1.82, 2.24) is 10.2 Å². The fourth-order valence-corrected chi connectivity index (χ4v) is 3.81. The molecule has 1 aromatic heterocycles. The molecule has 0 spiro atoms. The molecule has 0 aromatic carbocycles. The maximum absolute atomic E-state index is 5.98. The normalized spacial score (nSPS) is 15.7. The third-order valence-corrected chi connectivity index (χ3v) is 5.25. The Labute approximate surface area is 177 Å². The molecule has 144 valence electrons. The van der Waals surface area contributed by atoms with E-state index in [0.717, 1.165) is 69.1 Å². The molecule has 0 amide bonds. The number of nitrogens with zero attached hydrogens (tertiary/aromatic N) is 2. The Bertz CT molecular complexity index is 510. The predicted molar refractivity (Wildman–Crippen MR) is 117 cm³/mol. The Morgan fingerprint density at radius 1 is 1.44 bits per heavy atom. The zero-order valence-corrected chi connectivity index (χ0v) is 18.9. The minimum Gasteiger partial charge on any atom is -0.381 e. The Kier molecular flexibility index (Phi) is 12.1. The lowest BCUT2D eigenvalue weighted by atomic mass is 10.0. The lowest BCUT2D eigenvalue weighted by Crippen LogP contribution is -2.39. The van der Waals surface area contributed by atoms with Crippen molar-refractivity contribution in [1.29, 1.82) is 0 Å². The first-order chi connectivity index (χ1) is 11.7. The lowest BCUT2D eigenvalue weighted by Gasteiger charge is -2.22. The number of hydrogen-bond acceptors (Lipinski definition) is 4. The molecule has 0 aliphatic carbocycles. The van der Waals surface area contributed by atoms with Crippen LogP contribution < -0.4 is 5.32 Å². The van der Waals surface area contributed by atoms with Gasteiger partial charge < -0.3 is 19.7 Å². The number of hydrogen-bond donors (Lipinski definition) is 1. The molecule has 0 unspecified atom stereocenters. The molecule has 1 N–H and O–H groups in total. The first kappa shape index (κ1) is 23.0. The van der Waals surface area contributed by atoms with Gasteiger partial charge in [0.05, 0.1) is 10.9 Å². The fraction of sp³-hybridized carbons (Fsp3) is 0.706. The Morgan fingerprint density at radius 2 is 2.20 bits per heavy atom. The Balaban J connectivity index is 0.00000312. The molecule has 0 atom stereocenters. The third kappa shape index (κ3) is 8.90. The van der Waals surface area contributed by atoms with Gasteiger partial charge in [0.2, 0.25) is 0 Å². The van der Waals surface area contributed by atoms with Gasteiger partial charge in [0.15, 0.2) is 5.96 Å². The quantitative estimate of drug-likeness (QED) is 0.254. The van der Waals surface area contributed by atoms with E-state index in [9.17, 15) is 0 Å². The summed E-state index contributed by atoms with van der Waals surface area (Å²) in [7, 11) is 3.84. The summed E-state index contributed by atoms with van der Waals surface area (Å²) in [6.45, 7) is 5.07. The average Bonchev–Trinajstić information content (AvgIpc) is 3.00. The van der Waals surface area contributed by atoms with Crippen LogP contribution in [0.1, 0.15) is 24.1 Å². The number of halogens is 2. The van der Waals surface area contributed by atoms with E-state index in [1.54, 1.807) is 11.3 Å². The van der Waals surface area contributed by atoms with Gasteiger partial charge >= 0.3 is 0 Å². The molecule has 0 radical (unpaired) electrons. The summed E-state index contributed by atoms with van der Waals surface area (Å²) in [5.41, 5.74) is 0. The van der Waals surface area contributed by atoms with Gasteiger partial charge in [-0.15, -0.1) is 35.3 Å². The topological polar surface area (TPSA) is 46.1 Å². The van der Waals surface area contributed by atoms with Gasteiger partial charge in [-0.2, -0.15) is 0 Å². The van der Waals surface area contributed by atoms with E-state index in [1.165, 1.54) is 4.88 Å². The summed E-state index contributed by atoms with van der Waals surface area (Å²) in [4.78, 5) is 7.66. The SMILES string of the molecule is CN=C(NCCCOCC1CCOCC1)N(C)Cc1ccc(Cl)s1.I. The molecular weight excluding hydrogens is 473 g/mol. The molecule has 0 bridgehead atoms. The second-order valence-electron chi connectivity index (χ2n) is 6.02. The van der Waals surface area contributed by atoms with Gasteiger partial charge in [0, 0.05) is 51.9 Å². The van der Waals surface area contributed by atoms with Crippen molar-refractivity contribution in [3.63, 3.8) is 0 Å². The maximum Gasteiger partial charge on any atom is 0.193 e. The van der Waals surface area contributed by atoms with E-state index in [-0.39, 0.29) is 24.0 Å². The van der Waals surface area contributed by atoms with Crippen molar-refractivity contribution in [3.8, 4) is 0 Å². The highest BCUT2D eigenvalue weighted by Gasteiger charge is 2.13. The van der Waals surface area contributed by atoms with Gasteiger partial charge in [-0.25, -0.2) is 0 Å². The van der Waals surface area contributed by atoms with E-state index in [2.05, 4.69) is 21.3 Å². The molecule has 0 saturated carbocycles. The number of rotatable bonds is 8. The maximum atomic E-state index is 5.98. The number of aliphatic imine (C=N–C) groups is 1. The molecule has 5 nitrogen and oxygen atoms in total. The standard InChI is InChI=1S/C17H28ClN3O2S.HI/c1-19-17(21(2)12-15-4-5-16(18)24-15)20-8-3-9-23-13-14-6-10-22-11-7-14;/h4-5,14H,3,6-13H2,1-2H3,(H,19,20);1H. The molecular formula is C17H29ClIN3O2S. The lowest BCUT2D eigenvalue weighted by molar-refractivity contribution is 0.0203. The number of ether oxygens (including phenoxy) is 2. The van der Waals surface area contributed by atoms with Gasteiger partial charge in [-0.05, 0) is 37.3 Å². The van der Waals surface area contributed by atoms with E-state index < -0.39 is 0 Å². The molecule has 1 aliphatic heterocycles. The first-order valence-corrected chi connectivity index (χ1v) is 9.70. The van der Waals surface area contributed by atoms with Crippen molar-refractivity contribution < 1.29 is 9.47 Å². The number of thiophene rings is 1. The van der Waals surface area contributed by atoms with Crippen LogP contribution in [0, 0.1) is 5.92 Å². The van der Waals surface area contributed by atoms with Crippen LogP contribution in [-0.4, -0.2) is 57.9 Å². The molecule has 25 heavy (non-hydrogen) atoms. The van der Waals surface area contributed by atoms with E-state index in [4.69, 9.17) is 21.1 Å². The van der Waals surface area contributed by atoms with Crippen molar-refractivity contribution in [3.05, 3.63) is 21.3 Å².